The third-order valence-electron chi connectivity index (χ3n) is 5.04. The molecule has 4 nitrogen and oxygen atoms in total. The molecule has 0 aliphatic carbocycles. The first-order valence-corrected chi connectivity index (χ1v) is 8.37. The Morgan fingerprint density at radius 3 is 2.80 bits per heavy atom. The molecule has 4 heteroatoms. The zero-order valence-electron chi connectivity index (χ0n) is 13.7. The molecule has 0 aromatic carbocycles. The summed E-state index contributed by atoms with van der Waals surface area (Å²) in [5, 5.41) is 0. The average molecular weight is 283 g/mol. The first-order valence-electron chi connectivity index (χ1n) is 8.37. The summed E-state index contributed by atoms with van der Waals surface area (Å²) in [6.45, 7) is 10.1. The Kier molecular flexibility index (Phi) is 6.75. The molecule has 2 aliphatic rings. The molecule has 2 rings (SSSR count). The largest absolute Gasteiger partial charge is 0.379 e. The molecule has 0 unspecified atom stereocenters. The molecule has 118 valence electrons. The smallest absolute Gasteiger partial charge is 0.0619 e. The van der Waals surface area contributed by atoms with Gasteiger partial charge in [-0.1, -0.05) is 6.42 Å². The lowest BCUT2D eigenvalue weighted by Gasteiger charge is -2.35. The maximum atomic E-state index is 5.50. The molecule has 2 aliphatic heterocycles. The summed E-state index contributed by atoms with van der Waals surface area (Å²) in [4.78, 5) is 7.62. The van der Waals surface area contributed by atoms with Crippen LogP contribution in [0.5, 0.6) is 0 Å². The predicted octanol–water partition coefficient (Wildman–Crippen LogP) is 1.51. The summed E-state index contributed by atoms with van der Waals surface area (Å²) < 4.78 is 5.50. The van der Waals surface area contributed by atoms with Gasteiger partial charge in [-0.05, 0) is 53.4 Å². The Labute approximate surface area is 125 Å². The van der Waals surface area contributed by atoms with Crippen molar-refractivity contribution in [1.29, 1.82) is 0 Å². The van der Waals surface area contributed by atoms with E-state index < -0.39 is 0 Å². The van der Waals surface area contributed by atoms with Crippen molar-refractivity contribution in [3.63, 3.8) is 0 Å². The lowest BCUT2D eigenvalue weighted by molar-refractivity contribution is -0.00336. The van der Waals surface area contributed by atoms with Gasteiger partial charge >= 0.3 is 0 Å². The normalized spacial score (nSPS) is 30.0. The fraction of sp³-hybridized carbons (Fsp3) is 1.00. The fourth-order valence-corrected chi connectivity index (χ4v) is 3.38. The van der Waals surface area contributed by atoms with Crippen LogP contribution in [0.2, 0.25) is 0 Å². The van der Waals surface area contributed by atoms with Crippen LogP contribution < -0.4 is 0 Å². The van der Waals surface area contributed by atoms with Crippen LogP contribution in [0.4, 0.5) is 0 Å². The highest BCUT2D eigenvalue weighted by Crippen LogP contribution is 2.17. The van der Waals surface area contributed by atoms with Crippen LogP contribution in [-0.2, 0) is 4.74 Å². The quantitative estimate of drug-likeness (QED) is 0.735. The number of piperidine rings is 1. The van der Waals surface area contributed by atoms with Crippen LogP contribution in [0.1, 0.15) is 32.6 Å². The average Bonchev–Trinajstić information content (AvgIpc) is 2.45. The van der Waals surface area contributed by atoms with Crippen LogP contribution in [0.25, 0.3) is 0 Å². The SMILES string of the molecule is C[C@@H]1COCCN1CCN(C)CC[C@H]1CCCCN1C. The lowest BCUT2D eigenvalue weighted by Crippen LogP contribution is -2.46. The van der Waals surface area contributed by atoms with Crippen molar-refractivity contribution < 1.29 is 4.74 Å². The van der Waals surface area contributed by atoms with Crippen LogP contribution in [-0.4, -0.2) is 86.8 Å². The van der Waals surface area contributed by atoms with E-state index in [1.54, 1.807) is 0 Å². The van der Waals surface area contributed by atoms with Gasteiger partial charge in [0.25, 0.3) is 0 Å². The van der Waals surface area contributed by atoms with Gasteiger partial charge in [-0.25, -0.2) is 0 Å². The maximum absolute atomic E-state index is 5.50. The molecular weight excluding hydrogens is 250 g/mol. The number of rotatable bonds is 6. The molecule has 2 saturated heterocycles. The van der Waals surface area contributed by atoms with Crippen LogP contribution in [0, 0.1) is 0 Å². The zero-order chi connectivity index (χ0) is 14.4. The van der Waals surface area contributed by atoms with E-state index in [0.717, 1.165) is 25.8 Å². The van der Waals surface area contributed by atoms with Gasteiger partial charge in [-0.15, -0.1) is 0 Å². The molecule has 2 heterocycles. The summed E-state index contributed by atoms with van der Waals surface area (Å²) >= 11 is 0. The van der Waals surface area contributed by atoms with Crippen molar-refractivity contribution in [3.05, 3.63) is 0 Å². The summed E-state index contributed by atoms with van der Waals surface area (Å²) in [6.07, 6.45) is 5.53. The molecular formula is C16H33N3O. The van der Waals surface area contributed by atoms with E-state index in [0.29, 0.717) is 6.04 Å². The van der Waals surface area contributed by atoms with Crippen molar-refractivity contribution in [2.24, 2.45) is 0 Å². The number of ether oxygens (including phenoxy) is 1. The highest BCUT2D eigenvalue weighted by atomic mass is 16.5. The van der Waals surface area contributed by atoms with Crippen molar-refractivity contribution in [1.82, 2.24) is 14.7 Å². The standard InChI is InChI=1S/C16H33N3O/c1-15-14-20-13-12-19(15)11-10-17(2)9-7-16-6-4-5-8-18(16)3/h15-16H,4-14H2,1-3H3/t15-,16-/m1/s1. The molecule has 0 bridgehead atoms. The van der Waals surface area contributed by atoms with E-state index in [4.69, 9.17) is 4.74 Å². The first-order chi connectivity index (χ1) is 9.66. The number of nitrogens with zero attached hydrogens (tertiary/aromatic N) is 3. The number of morpholine rings is 1. The number of likely N-dealkylation sites (tertiary alicyclic amines) is 1. The predicted molar refractivity (Wildman–Crippen MR) is 84.2 cm³/mol. The molecule has 0 radical (unpaired) electrons. The van der Waals surface area contributed by atoms with Gasteiger partial charge in [0.15, 0.2) is 0 Å². The third-order valence-corrected chi connectivity index (χ3v) is 5.04. The summed E-state index contributed by atoms with van der Waals surface area (Å²) in [5.41, 5.74) is 0. The van der Waals surface area contributed by atoms with Gasteiger partial charge in [0.05, 0.1) is 13.2 Å². The third kappa shape index (κ3) is 4.99. The molecule has 2 fully saturated rings. The van der Waals surface area contributed by atoms with E-state index in [-0.39, 0.29) is 0 Å². The van der Waals surface area contributed by atoms with E-state index >= 15 is 0 Å². The first kappa shape index (κ1) is 16.2. The minimum atomic E-state index is 0.585. The molecule has 2 atom stereocenters. The zero-order valence-corrected chi connectivity index (χ0v) is 13.7. The van der Waals surface area contributed by atoms with Gasteiger partial charge in [0, 0.05) is 31.7 Å². The van der Waals surface area contributed by atoms with E-state index in [1.165, 1.54) is 51.9 Å². The topological polar surface area (TPSA) is 19.0 Å². The molecule has 0 saturated carbocycles. The van der Waals surface area contributed by atoms with Crippen LogP contribution in [0.3, 0.4) is 0 Å². The Bertz CT molecular complexity index is 248. The molecule has 0 amide bonds. The minimum Gasteiger partial charge on any atom is -0.379 e. The van der Waals surface area contributed by atoms with Crippen molar-refractivity contribution >= 4 is 0 Å². The second-order valence-electron chi connectivity index (χ2n) is 6.68. The summed E-state index contributed by atoms with van der Waals surface area (Å²) in [5.74, 6) is 0. The van der Waals surface area contributed by atoms with Crippen molar-refractivity contribution in [2.45, 2.75) is 44.7 Å². The Balaban J connectivity index is 1.61. The van der Waals surface area contributed by atoms with Crippen molar-refractivity contribution in [3.8, 4) is 0 Å². The Morgan fingerprint density at radius 2 is 2.05 bits per heavy atom. The van der Waals surface area contributed by atoms with Crippen molar-refractivity contribution in [2.75, 3.05) is 60.0 Å². The Hall–Kier alpha value is -0.160. The van der Waals surface area contributed by atoms with E-state index in [2.05, 4.69) is 35.7 Å². The highest BCUT2D eigenvalue weighted by molar-refractivity contribution is 4.76. The highest BCUT2D eigenvalue weighted by Gasteiger charge is 2.20. The number of likely N-dealkylation sites (N-methyl/N-ethyl adjacent to an activating group) is 1. The molecule has 0 aromatic rings. The van der Waals surface area contributed by atoms with Gasteiger partial charge in [-0.2, -0.15) is 0 Å². The summed E-state index contributed by atoms with van der Waals surface area (Å²) in [6, 6.07) is 1.40. The van der Waals surface area contributed by atoms with Gasteiger partial charge in [0.2, 0.25) is 0 Å². The fourth-order valence-electron chi connectivity index (χ4n) is 3.38. The minimum absolute atomic E-state index is 0.585. The molecule has 0 aromatic heterocycles. The Morgan fingerprint density at radius 1 is 1.20 bits per heavy atom. The second kappa shape index (κ2) is 8.32. The van der Waals surface area contributed by atoms with E-state index in [1.807, 2.05) is 0 Å². The monoisotopic (exact) mass is 283 g/mol. The molecule has 20 heavy (non-hydrogen) atoms. The number of hydrogen-bond donors (Lipinski definition) is 0. The number of hydrogen-bond acceptors (Lipinski definition) is 4. The van der Waals surface area contributed by atoms with E-state index in [9.17, 15) is 0 Å². The molecule has 0 spiro atoms. The van der Waals surface area contributed by atoms with Gasteiger partial charge < -0.3 is 14.5 Å². The van der Waals surface area contributed by atoms with Crippen LogP contribution >= 0.6 is 0 Å². The summed E-state index contributed by atoms with van der Waals surface area (Å²) in [7, 11) is 4.56. The van der Waals surface area contributed by atoms with Gasteiger partial charge in [-0.3, -0.25) is 4.90 Å². The van der Waals surface area contributed by atoms with Crippen LogP contribution in [0.15, 0.2) is 0 Å². The van der Waals surface area contributed by atoms with Gasteiger partial charge in [0.1, 0.15) is 0 Å². The second-order valence-corrected chi connectivity index (χ2v) is 6.68. The lowest BCUT2D eigenvalue weighted by atomic mass is 10.00. The maximum Gasteiger partial charge on any atom is 0.0619 e. The molecule has 0 N–H and O–H groups in total.